The van der Waals surface area contributed by atoms with Crippen LogP contribution in [0.4, 0.5) is 0 Å². The largest absolute Gasteiger partial charge is 0.417 e. The quantitative estimate of drug-likeness (QED) is 0.378. The van der Waals surface area contributed by atoms with Gasteiger partial charge in [-0.25, -0.2) is 0 Å². The molecule has 0 bridgehead atoms. The van der Waals surface area contributed by atoms with E-state index in [4.69, 9.17) is 8.85 Å². The predicted octanol–water partition coefficient (Wildman–Crippen LogP) is 7.62. The molecule has 0 aromatic heterocycles. The van der Waals surface area contributed by atoms with Crippen molar-refractivity contribution in [1.82, 2.24) is 0 Å². The fourth-order valence-electron chi connectivity index (χ4n) is 2.58. The van der Waals surface area contributed by atoms with Crippen LogP contribution in [0.25, 0.3) is 0 Å². The Bertz CT molecular complexity index is 401. The molecule has 0 spiro atoms. The van der Waals surface area contributed by atoms with Crippen molar-refractivity contribution in [2.45, 2.75) is 124 Å². The first-order valence-corrected chi connectivity index (χ1v) is 16.0. The van der Waals surface area contributed by atoms with Crippen molar-refractivity contribution in [2.75, 3.05) is 6.61 Å². The standard InChI is InChI=1S/C21H48O2Si2/c1-14-16-21(8,9)18(23-25(12,13)20(5,6)7)15-17-22-24(10,11)19(2,3)4/h18H,14-17H2,1-13H3/t18-/m0/s1. The van der Waals surface area contributed by atoms with Crippen molar-refractivity contribution in [2.24, 2.45) is 5.41 Å². The minimum Gasteiger partial charge on any atom is -0.417 e. The van der Waals surface area contributed by atoms with Crippen LogP contribution < -0.4 is 0 Å². The van der Waals surface area contributed by atoms with Crippen molar-refractivity contribution < 1.29 is 8.85 Å². The Labute approximate surface area is 161 Å². The Kier molecular flexibility index (Phi) is 8.70. The molecule has 0 aliphatic heterocycles. The predicted molar refractivity (Wildman–Crippen MR) is 119 cm³/mol. The SMILES string of the molecule is CCCC(C)(C)[C@H](CCO[Si](C)(C)C(C)(C)C)O[Si](C)(C)C(C)(C)C. The molecule has 0 aromatic carbocycles. The third-order valence-electron chi connectivity index (χ3n) is 6.66. The molecule has 0 fully saturated rings. The van der Waals surface area contributed by atoms with Crippen LogP contribution >= 0.6 is 0 Å². The van der Waals surface area contributed by atoms with E-state index in [1.165, 1.54) is 12.8 Å². The van der Waals surface area contributed by atoms with Gasteiger partial charge in [-0.1, -0.05) is 68.7 Å². The van der Waals surface area contributed by atoms with Crippen LogP contribution in [-0.2, 0) is 8.85 Å². The van der Waals surface area contributed by atoms with Crippen molar-refractivity contribution in [3.05, 3.63) is 0 Å². The van der Waals surface area contributed by atoms with E-state index in [-0.39, 0.29) is 21.6 Å². The molecule has 2 nitrogen and oxygen atoms in total. The Morgan fingerprint density at radius 2 is 1.20 bits per heavy atom. The first-order chi connectivity index (χ1) is 10.9. The number of hydrogen-bond acceptors (Lipinski definition) is 2. The summed E-state index contributed by atoms with van der Waals surface area (Å²) in [6.07, 6.45) is 3.68. The van der Waals surface area contributed by atoms with Crippen molar-refractivity contribution in [3.63, 3.8) is 0 Å². The topological polar surface area (TPSA) is 18.5 Å². The van der Waals surface area contributed by atoms with Gasteiger partial charge in [0.2, 0.25) is 0 Å². The molecule has 4 heteroatoms. The van der Waals surface area contributed by atoms with E-state index in [9.17, 15) is 0 Å². The summed E-state index contributed by atoms with van der Waals surface area (Å²) >= 11 is 0. The van der Waals surface area contributed by atoms with Crippen LogP contribution in [0.1, 0.15) is 81.6 Å². The van der Waals surface area contributed by atoms with Gasteiger partial charge in [0, 0.05) is 6.61 Å². The summed E-state index contributed by atoms with van der Waals surface area (Å²) in [5.41, 5.74) is 0.195. The molecule has 0 amide bonds. The summed E-state index contributed by atoms with van der Waals surface area (Å²) < 4.78 is 13.4. The highest BCUT2D eigenvalue weighted by Gasteiger charge is 2.43. The van der Waals surface area contributed by atoms with E-state index in [1.807, 2.05) is 0 Å². The summed E-state index contributed by atoms with van der Waals surface area (Å²) in [7, 11) is -3.47. The minimum atomic E-state index is -1.78. The fraction of sp³-hybridized carbons (Fsp3) is 1.00. The van der Waals surface area contributed by atoms with Gasteiger partial charge in [-0.3, -0.25) is 0 Å². The van der Waals surface area contributed by atoms with Gasteiger partial charge in [-0.05, 0) is 54.5 Å². The van der Waals surface area contributed by atoms with Gasteiger partial charge in [0.15, 0.2) is 16.6 Å². The van der Waals surface area contributed by atoms with Gasteiger partial charge < -0.3 is 8.85 Å². The summed E-state index contributed by atoms with van der Waals surface area (Å²) in [4.78, 5) is 0. The smallest absolute Gasteiger partial charge is 0.192 e. The van der Waals surface area contributed by atoms with Gasteiger partial charge in [-0.2, -0.15) is 0 Å². The van der Waals surface area contributed by atoms with Crippen LogP contribution in [0, 0.1) is 5.41 Å². The van der Waals surface area contributed by atoms with Crippen molar-refractivity contribution in [1.29, 1.82) is 0 Å². The molecular formula is C21H48O2Si2. The second kappa shape index (κ2) is 8.58. The molecule has 0 aliphatic carbocycles. The van der Waals surface area contributed by atoms with Crippen LogP contribution in [-0.4, -0.2) is 29.3 Å². The second-order valence-electron chi connectivity index (χ2n) is 11.5. The lowest BCUT2D eigenvalue weighted by Crippen LogP contribution is -2.49. The molecule has 0 N–H and O–H groups in total. The molecule has 0 rings (SSSR count). The van der Waals surface area contributed by atoms with E-state index in [0.29, 0.717) is 0 Å². The number of rotatable bonds is 9. The van der Waals surface area contributed by atoms with Crippen molar-refractivity contribution >= 4 is 16.6 Å². The Balaban J connectivity index is 5.19. The lowest BCUT2D eigenvalue weighted by atomic mass is 9.81. The normalized spacial score (nSPS) is 16.2. The number of hydrogen-bond donors (Lipinski definition) is 0. The first-order valence-electron chi connectivity index (χ1n) is 10.2. The highest BCUT2D eigenvalue weighted by molar-refractivity contribution is 6.74. The monoisotopic (exact) mass is 388 g/mol. The molecule has 25 heavy (non-hydrogen) atoms. The Hall–Kier alpha value is 0.354. The zero-order valence-corrected chi connectivity index (χ0v) is 21.7. The minimum absolute atomic E-state index is 0.195. The van der Waals surface area contributed by atoms with Crippen LogP contribution in [0.15, 0.2) is 0 Å². The molecule has 0 aliphatic rings. The van der Waals surface area contributed by atoms with E-state index in [0.717, 1.165) is 13.0 Å². The zero-order valence-electron chi connectivity index (χ0n) is 19.7. The van der Waals surface area contributed by atoms with Gasteiger partial charge in [-0.15, -0.1) is 0 Å². The van der Waals surface area contributed by atoms with E-state index < -0.39 is 16.6 Å². The van der Waals surface area contributed by atoms with E-state index >= 15 is 0 Å². The Morgan fingerprint density at radius 3 is 1.56 bits per heavy atom. The highest BCUT2D eigenvalue weighted by atomic mass is 28.4. The average Bonchev–Trinajstić information content (AvgIpc) is 2.34. The maximum atomic E-state index is 6.89. The van der Waals surface area contributed by atoms with Gasteiger partial charge in [0.05, 0.1) is 6.10 Å². The summed E-state index contributed by atoms with van der Waals surface area (Å²) in [6.45, 7) is 31.2. The van der Waals surface area contributed by atoms with E-state index in [1.54, 1.807) is 0 Å². The van der Waals surface area contributed by atoms with Crippen LogP contribution in [0.2, 0.25) is 36.3 Å². The maximum absolute atomic E-state index is 6.89. The molecule has 0 saturated heterocycles. The molecule has 1 atom stereocenters. The Morgan fingerprint density at radius 1 is 0.760 bits per heavy atom. The van der Waals surface area contributed by atoms with Gasteiger partial charge >= 0.3 is 0 Å². The molecule has 152 valence electrons. The van der Waals surface area contributed by atoms with E-state index in [2.05, 4.69) is 88.5 Å². The molecular weight excluding hydrogens is 340 g/mol. The fourth-order valence-corrected chi connectivity index (χ4v) is 5.15. The third kappa shape index (κ3) is 7.47. The first kappa shape index (κ1) is 25.4. The third-order valence-corrected chi connectivity index (χ3v) is 15.7. The maximum Gasteiger partial charge on any atom is 0.192 e. The summed E-state index contributed by atoms with van der Waals surface area (Å²) in [6, 6.07) is 0. The molecule has 0 heterocycles. The lowest BCUT2D eigenvalue weighted by molar-refractivity contribution is 0.0343. The molecule has 0 aromatic rings. The van der Waals surface area contributed by atoms with Gasteiger partial charge in [0.25, 0.3) is 0 Å². The van der Waals surface area contributed by atoms with Crippen LogP contribution in [0.3, 0.4) is 0 Å². The second-order valence-corrected chi connectivity index (χ2v) is 21.1. The average molecular weight is 389 g/mol. The van der Waals surface area contributed by atoms with Gasteiger partial charge in [0.1, 0.15) is 0 Å². The molecule has 0 unspecified atom stereocenters. The summed E-state index contributed by atoms with van der Waals surface area (Å²) in [5, 5.41) is 0.509. The highest BCUT2D eigenvalue weighted by Crippen LogP contribution is 2.42. The summed E-state index contributed by atoms with van der Waals surface area (Å²) in [5.74, 6) is 0. The van der Waals surface area contributed by atoms with Crippen molar-refractivity contribution in [3.8, 4) is 0 Å². The lowest BCUT2D eigenvalue weighted by Gasteiger charge is -2.45. The molecule has 0 saturated carbocycles. The van der Waals surface area contributed by atoms with Crippen LogP contribution in [0.5, 0.6) is 0 Å². The zero-order chi connectivity index (χ0) is 20.3. The molecule has 0 radical (unpaired) electrons.